The first-order valence-corrected chi connectivity index (χ1v) is 6.92. The van der Waals surface area contributed by atoms with Crippen molar-refractivity contribution in [2.75, 3.05) is 6.61 Å². The van der Waals surface area contributed by atoms with Crippen molar-refractivity contribution in [2.45, 2.75) is 25.4 Å². The average Bonchev–Trinajstić information content (AvgIpc) is 3.00. The summed E-state index contributed by atoms with van der Waals surface area (Å²) in [7, 11) is 0. The SMILES string of the molecule is C[C@@]1(c2ccc(Cl)cc2Cl)OC[C@H](Cn2cncn2)O1. The monoisotopic (exact) mass is 313 g/mol. The van der Waals surface area contributed by atoms with Gasteiger partial charge >= 0.3 is 0 Å². The highest BCUT2D eigenvalue weighted by Crippen LogP contribution is 2.38. The first-order valence-electron chi connectivity index (χ1n) is 6.16. The van der Waals surface area contributed by atoms with Gasteiger partial charge in [-0.3, -0.25) is 4.68 Å². The molecule has 0 unspecified atom stereocenters. The van der Waals surface area contributed by atoms with Crippen LogP contribution in [0, 0.1) is 0 Å². The number of hydrogen-bond acceptors (Lipinski definition) is 4. The first kappa shape index (κ1) is 13.8. The zero-order valence-corrected chi connectivity index (χ0v) is 12.3. The number of benzene rings is 1. The minimum Gasteiger partial charge on any atom is -0.343 e. The predicted molar refractivity (Wildman–Crippen MR) is 74.7 cm³/mol. The molecule has 5 nitrogen and oxygen atoms in total. The fourth-order valence-corrected chi connectivity index (χ4v) is 2.84. The molecule has 0 saturated carbocycles. The van der Waals surface area contributed by atoms with Crippen LogP contribution in [-0.2, 0) is 21.8 Å². The second-order valence-corrected chi connectivity index (χ2v) is 5.58. The maximum atomic E-state index is 6.22. The Labute approximate surface area is 126 Å². The molecule has 20 heavy (non-hydrogen) atoms. The van der Waals surface area contributed by atoms with Crippen molar-refractivity contribution in [3.8, 4) is 0 Å². The molecule has 7 heteroatoms. The number of aromatic nitrogens is 3. The fourth-order valence-electron chi connectivity index (χ4n) is 2.26. The van der Waals surface area contributed by atoms with Gasteiger partial charge in [0.2, 0.25) is 0 Å². The van der Waals surface area contributed by atoms with Crippen LogP contribution in [0.25, 0.3) is 0 Å². The van der Waals surface area contributed by atoms with Crippen LogP contribution in [0.2, 0.25) is 10.0 Å². The molecule has 0 amide bonds. The van der Waals surface area contributed by atoms with Crippen molar-refractivity contribution in [1.82, 2.24) is 14.8 Å². The van der Waals surface area contributed by atoms with Gasteiger partial charge in [-0.2, -0.15) is 5.10 Å². The highest BCUT2D eigenvalue weighted by Gasteiger charge is 2.40. The van der Waals surface area contributed by atoms with Gasteiger partial charge in [0.05, 0.1) is 18.2 Å². The quantitative estimate of drug-likeness (QED) is 0.874. The van der Waals surface area contributed by atoms with Crippen molar-refractivity contribution in [3.63, 3.8) is 0 Å². The van der Waals surface area contributed by atoms with E-state index in [1.165, 1.54) is 6.33 Å². The highest BCUT2D eigenvalue weighted by atomic mass is 35.5. The molecule has 1 aliphatic rings. The van der Waals surface area contributed by atoms with Gasteiger partial charge in [0.1, 0.15) is 18.8 Å². The van der Waals surface area contributed by atoms with Crippen molar-refractivity contribution in [3.05, 3.63) is 46.5 Å². The van der Waals surface area contributed by atoms with Gasteiger partial charge in [0.15, 0.2) is 5.79 Å². The second-order valence-electron chi connectivity index (χ2n) is 4.74. The zero-order chi connectivity index (χ0) is 14.2. The summed E-state index contributed by atoms with van der Waals surface area (Å²) >= 11 is 12.1. The summed E-state index contributed by atoms with van der Waals surface area (Å²) in [4.78, 5) is 3.90. The van der Waals surface area contributed by atoms with Crippen LogP contribution in [0.3, 0.4) is 0 Å². The Morgan fingerprint density at radius 3 is 3.00 bits per heavy atom. The third-order valence-electron chi connectivity index (χ3n) is 3.21. The number of halogens is 2. The highest BCUT2D eigenvalue weighted by molar-refractivity contribution is 6.35. The molecule has 2 atom stereocenters. The van der Waals surface area contributed by atoms with Crippen molar-refractivity contribution in [1.29, 1.82) is 0 Å². The van der Waals surface area contributed by atoms with E-state index < -0.39 is 5.79 Å². The third kappa shape index (κ3) is 2.67. The van der Waals surface area contributed by atoms with E-state index in [4.69, 9.17) is 32.7 Å². The number of rotatable bonds is 3. The summed E-state index contributed by atoms with van der Waals surface area (Å²) in [6, 6.07) is 5.27. The Balaban J connectivity index is 1.77. The van der Waals surface area contributed by atoms with Crippen LogP contribution >= 0.6 is 23.2 Å². The molecule has 0 radical (unpaired) electrons. The Hall–Kier alpha value is -1.14. The summed E-state index contributed by atoms with van der Waals surface area (Å²) in [6.45, 7) is 2.90. The molecule has 1 aliphatic heterocycles. The molecule has 1 saturated heterocycles. The average molecular weight is 314 g/mol. The lowest BCUT2D eigenvalue weighted by Crippen LogP contribution is -2.26. The smallest absolute Gasteiger partial charge is 0.193 e. The van der Waals surface area contributed by atoms with Gasteiger partial charge in [-0.25, -0.2) is 4.98 Å². The number of nitrogens with zero attached hydrogens (tertiary/aromatic N) is 3. The van der Waals surface area contributed by atoms with E-state index in [9.17, 15) is 0 Å². The van der Waals surface area contributed by atoms with Gasteiger partial charge in [-0.05, 0) is 19.1 Å². The van der Waals surface area contributed by atoms with E-state index >= 15 is 0 Å². The van der Waals surface area contributed by atoms with Crippen molar-refractivity contribution < 1.29 is 9.47 Å². The van der Waals surface area contributed by atoms with Crippen LogP contribution in [0.1, 0.15) is 12.5 Å². The molecular formula is C13H13Cl2N3O2. The van der Waals surface area contributed by atoms with E-state index in [-0.39, 0.29) is 6.10 Å². The lowest BCUT2D eigenvalue weighted by atomic mass is 10.1. The zero-order valence-electron chi connectivity index (χ0n) is 10.8. The van der Waals surface area contributed by atoms with Gasteiger partial charge in [0, 0.05) is 10.6 Å². The normalized spacial score (nSPS) is 26.1. The third-order valence-corrected chi connectivity index (χ3v) is 3.76. The fraction of sp³-hybridized carbons (Fsp3) is 0.385. The summed E-state index contributed by atoms with van der Waals surface area (Å²) in [5.74, 6) is -0.868. The van der Waals surface area contributed by atoms with Gasteiger partial charge in [0.25, 0.3) is 0 Å². The van der Waals surface area contributed by atoms with Crippen LogP contribution < -0.4 is 0 Å². The van der Waals surface area contributed by atoms with E-state index in [0.29, 0.717) is 23.2 Å². The molecule has 106 valence electrons. The maximum Gasteiger partial charge on any atom is 0.193 e. The molecule has 2 aromatic rings. The molecule has 1 aromatic heterocycles. The first-order chi connectivity index (χ1) is 9.57. The molecule has 3 rings (SSSR count). The van der Waals surface area contributed by atoms with Crippen molar-refractivity contribution >= 4 is 23.2 Å². The van der Waals surface area contributed by atoms with Crippen LogP contribution in [-0.4, -0.2) is 27.5 Å². The molecule has 0 aliphatic carbocycles. The topological polar surface area (TPSA) is 49.2 Å². The number of ether oxygens (including phenoxy) is 2. The van der Waals surface area contributed by atoms with Crippen molar-refractivity contribution in [2.24, 2.45) is 0 Å². The predicted octanol–water partition coefficient (Wildman–Crippen LogP) is 2.87. The van der Waals surface area contributed by atoms with Crippen LogP contribution in [0.4, 0.5) is 0 Å². The Bertz CT molecular complexity index is 606. The minimum absolute atomic E-state index is 0.103. The minimum atomic E-state index is -0.868. The molecule has 1 aromatic carbocycles. The second kappa shape index (κ2) is 5.33. The molecule has 0 N–H and O–H groups in total. The molecule has 1 fully saturated rings. The van der Waals surface area contributed by atoms with Crippen LogP contribution in [0.15, 0.2) is 30.9 Å². The van der Waals surface area contributed by atoms with Gasteiger partial charge in [-0.1, -0.05) is 29.3 Å². The van der Waals surface area contributed by atoms with Crippen LogP contribution in [0.5, 0.6) is 0 Å². The largest absolute Gasteiger partial charge is 0.343 e. The number of hydrogen-bond donors (Lipinski definition) is 0. The summed E-state index contributed by atoms with van der Waals surface area (Å²) < 4.78 is 13.5. The van der Waals surface area contributed by atoms with E-state index in [2.05, 4.69) is 10.1 Å². The van der Waals surface area contributed by atoms with E-state index in [1.54, 1.807) is 23.1 Å². The summed E-state index contributed by atoms with van der Waals surface area (Å²) in [6.07, 6.45) is 3.03. The Morgan fingerprint density at radius 1 is 1.45 bits per heavy atom. The molecule has 0 bridgehead atoms. The summed E-state index contributed by atoms with van der Waals surface area (Å²) in [5, 5.41) is 5.17. The lowest BCUT2D eigenvalue weighted by molar-refractivity contribution is -0.163. The standard InChI is InChI=1S/C13H13Cl2N3O2/c1-13(11-3-2-9(14)4-12(11)15)19-6-10(20-13)5-18-8-16-7-17-18/h2-4,7-8,10H,5-6H2,1H3/t10-,13+/m0/s1. The molecule has 0 spiro atoms. The Morgan fingerprint density at radius 2 is 2.30 bits per heavy atom. The van der Waals surface area contributed by atoms with E-state index in [1.807, 2.05) is 13.0 Å². The van der Waals surface area contributed by atoms with Gasteiger partial charge < -0.3 is 9.47 Å². The molecular weight excluding hydrogens is 301 g/mol. The lowest BCUT2D eigenvalue weighted by Gasteiger charge is -2.25. The Kier molecular flexibility index (Phi) is 3.69. The van der Waals surface area contributed by atoms with E-state index in [0.717, 1.165) is 5.56 Å². The molecule has 2 heterocycles. The van der Waals surface area contributed by atoms with Gasteiger partial charge in [-0.15, -0.1) is 0 Å². The maximum absolute atomic E-state index is 6.22. The summed E-state index contributed by atoms with van der Waals surface area (Å²) in [5.41, 5.74) is 0.768.